The van der Waals surface area contributed by atoms with E-state index in [9.17, 15) is 4.39 Å². The Labute approximate surface area is 84.9 Å². The second-order valence-electron chi connectivity index (χ2n) is 2.58. The molecular formula is C9H9BrClF. The Bertz CT molecular complexity index is 235. The van der Waals surface area contributed by atoms with Crippen LogP contribution in [0.1, 0.15) is 5.56 Å². The summed E-state index contributed by atoms with van der Waals surface area (Å²) in [5.74, 6) is 0. The Morgan fingerprint density at radius 1 is 1.33 bits per heavy atom. The van der Waals surface area contributed by atoms with Gasteiger partial charge in [0.1, 0.15) is 6.17 Å². The largest absolute Gasteiger partial charge is 0.246 e. The number of halogens is 3. The molecular weight excluding hydrogens is 242 g/mol. The van der Waals surface area contributed by atoms with Crippen molar-refractivity contribution in [2.24, 2.45) is 0 Å². The molecule has 0 bridgehead atoms. The molecule has 0 spiro atoms. The third kappa shape index (κ3) is 3.11. The van der Waals surface area contributed by atoms with E-state index in [1.807, 2.05) is 12.1 Å². The first-order chi connectivity index (χ1) is 5.72. The third-order valence-electron chi connectivity index (χ3n) is 1.54. The molecule has 1 aromatic carbocycles. The zero-order valence-corrected chi connectivity index (χ0v) is 8.78. The second-order valence-corrected chi connectivity index (χ2v) is 3.67. The van der Waals surface area contributed by atoms with Crippen LogP contribution in [0.5, 0.6) is 0 Å². The van der Waals surface area contributed by atoms with Crippen molar-refractivity contribution in [1.82, 2.24) is 0 Å². The van der Waals surface area contributed by atoms with Crippen molar-refractivity contribution in [3.63, 3.8) is 0 Å². The summed E-state index contributed by atoms with van der Waals surface area (Å²) in [7, 11) is 0. The summed E-state index contributed by atoms with van der Waals surface area (Å²) in [6, 6.07) is 7.24. The van der Waals surface area contributed by atoms with Gasteiger partial charge in [-0.1, -0.05) is 39.7 Å². The van der Waals surface area contributed by atoms with Crippen molar-refractivity contribution >= 4 is 27.5 Å². The predicted octanol–water partition coefficient (Wildman–Crippen LogP) is 3.62. The van der Waals surface area contributed by atoms with Crippen LogP contribution < -0.4 is 0 Å². The van der Waals surface area contributed by atoms with Crippen LogP contribution in [0.3, 0.4) is 0 Å². The summed E-state index contributed by atoms with van der Waals surface area (Å²) in [6.45, 7) is 0. The molecule has 1 atom stereocenters. The molecule has 0 heterocycles. The molecule has 0 nitrogen and oxygen atoms in total. The number of benzene rings is 1. The lowest BCUT2D eigenvalue weighted by atomic mass is 10.1. The maximum Gasteiger partial charge on any atom is 0.114 e. The average Bonchev–Trinajstić information content (AvgIpc) is 2.09. The highest BCUT2D eigenvalue weighted by atomic mass is 79.9. The van der Waals surface area contributed by atoms with Crippen LogP contribution in [0.2, 0.25) is 5.02 Å². The highest BCUT2D eigenvalue weighted by molar-refractivity contribution is 9.09. The first-order valence-electron chi connectivity index (χ1n) is 3.67. The second kappa shape index (κ2) is 4.83. The fraction of sp³-hybridized carbons (Fsp3) is 0.333. The Morgan fingerprint density at radius 2 is 1.92 bits per heavy atom. The van der Waals surface area contributed by atoms with Crippen LogP contribution in [-0.4, -0.2) is 11.5 Å². The molecule has 0 N–H and O–H groups in total. The van der Waals surface area contributed by atoms with Crippen molar-refractivity contribution in [2.75, 3.05) is 5.33 Å². The fourth-order valence-corrected chi connectivity index (χ4v) is 1.29. The first-order valence-corrected chi connectivity index (χ1v) is 5.17. The third-order valence-corrected chi connectivity index (χ3v) is 2.49. The van der Waals surface area contributed by atoms with Gasteiger partial charge in [0.2, 0.25) is 0 Å². The molecule has 0 amide bonds. The van der Waals surface area contributed by atoms with Crippen LogP contribution in [0, 0.1) is 0 Å². The lowest BCUT2D eigenvalue weighted by Gasteiger charge is -2.03. The van der Waals surface area contributed by atoms with E-state index < -0.39 is 6.17 Å². The predicted molar refractivity (Wildman–Crippen MR) is 53.8 cm³/mol. The van der Waals surface area contributed by atoms with Gasteiger partial charge in [0, 0.05) is 16.8 Å². The topological polar surface area (TPSA) is 0 Å². The highest BCUT2D eigenvalue weighted by Gasteiger charge is 2.04. The van der Waals surface area contributed by atoms with Crippen LogP contribution in [0.15, 0.2) is 24.3 Å². The smallest absolute Gasteiger partial charge is 0.114 e. The molecule has 12 heavy (non-hydrogen) atoms. The zero-order valence-electron chi connectivity index (χ0n) is 6.43. The average molecular weight is 252 g/mol. The summed E-state index contributed by atoms with van der Waals surface area (Å²) in [4.78, 5) is 0. The van der Waals surface area contributed by atoms with Gasteiger partial charge in [0.05, 0.1) is 0 Å². The summed E-state index contributed by atoms with van der Waals surface area (Å²) < 4.78 is 12.8. The molecule has 0 aromatic heterocycles. The van der Waals surface area contributed by atoms with Gasteiger partial charge in [-0.3, -0.25) is 0 Å². The summed E-state index contributed by atoms with van der Waals surface area (Å²) in [5.41, 5.74) is 0.978. The Kier molecular flexibility index (Phi) is 4.02. The van der Waals surface area contributed by atoms with Gasteiger partial charge in [-0.05, 0) is 17.7 Å². The van der Waals surface area contributed by atoms with Gasteiger partial charge in [-0.15, -0.1) is 0 Å². The minimum absolute atomic E-state index is 0.385. The van der Waals surface area contributed by atoms with E-state index in [1.165, 1.54) is 0 Å². The summed E-state index contributed by atoms with van der Waals surface area (Å²) >= 11 is 8.76. The maximum absolute atomic E-state index is 12.8. The van der Waals surface area contributed by atoms with E-state index in [0.29, 0.717) is 16.8 Å². The van der Waals surface area contributed by atoms with Crippen molar-refractivity contribution < 1.29 is 4.39 Å². The molecule has 0 saturated carbocycles. The SMILES string of the molecule is F[C@H](CBr)Cc1ccc(Cl)cc1. The van der Waals surface area contributed by atoms with Crippen LogP contribution in [0.25, 0.3) is 0 Å². The molecule has 0 unspecified atom stereocenters. The minimum atomic E-state index is -0.814. The number of rotatable bonds is 3. The standard InChI is InChI=1S/C9H9BrClF/c10-6-9(12)5-7-1-3-8(11)4-2-7/h1-4,9H,5-6H2/t9-/m0/s1. The highest BCUT2D eigenvalue weighted by Crippen LogP contribution is 2.12. The van der Waals surface area contributed by atoms with Gasteiger partial charge in [0.25, 0.3) is 0 Å². The van der Waals surface area contributed by atoms with E-state index in [0.717, 1.165) is 5.56 Å². The molecule has 1 rings (SSSR count). The van der Waals surface area contributed by atoms with E-state index in [-0.39, 0.29) is 0 Å². The Balaban J connectivity index is 2.58. The van der Waals surface area contributed by atoms with Gasteiger partial charge >= 0.3 is 0 Å². The molecule has 3 heteroatoms. The summed E-state index contributed by atoms with van der Waals surface area (Å²) in [5, 5.41) is 1.07. The van der Waals surface area contributed by atoms with E-state index in [2.05, 4.69) is 15.9 Å². The molecule has 0 fully saturated rings. The lowest BCUT2D eigenvalue weighted by molar-refractivity contribution is 0.368. The minimum Gasteiger partial charge on any atom is -0.246 e. The molecule has 1 aromatic rings. The zero-order chi connectivity index (χ0) is 8.97. The monoisotopic (exact) mass is 250 g/mol. The van der Waals surface area contributed by atoms with Gasteiger partial charge in [-0.2, -0.15) is 0 Å². The normalized spacial score (nSPS) is 12.9. The van der Waals surface area contributed by atoms with E-state index in [1.54, 1.807) is 12.1 Å². The number of hydrogen-bond acceptors (Lipinski definition) is 0. The van der Waals surface area contributed by atoms with Gasteiger partial charge < -0.3 is 0 Å². The molecule has 0 radical (unpaired) electrons. The number of hydrogen-bond donors (Lipinski definition) is 0. The van der Waals surface area contributed by atoms with Crippen molar-refractivity contribution in [1.29, 1.82) is 0 Å². The van der Waals surface area contributed by atoms with Gasteiger partial charge in [-0.25, -0.2) is 4.39 Å². The lowest BCUT2D eigenvalue weighted by Crippen LogP contribution is -2.05. The molecule has 0 aliphatic rings. The van der Waals surface area contributed by atoms with E-state index >= 15 is 0 Å². The Hall–Kier alpha value is -0.0800. The maximum atomic E-state index is 12.8. The molecule has 0 aliphatic heterocycles. The van der Waals surface area contributed by atoms with Crippen LogP contribution >= 0.6 is 27.5 Å². The van der Waals surface area contributed by atoms with Crippen molar-refractivity contribution in [3.8, 4) is 0 Å². The Morgan fingerprint density at radius 3 is 2.42 bits per heavy atom. The van der Waals surface area contributed by atoms with Gasteiger partial charge in [0.15, 0.2) is 0 Å². The first kappa shape index (κ1) is 10.0. The van der Waals surface area contributed by atoms with E-state index in [4.69, 9.17) is 11.6 Å². The quantitative estimate of drug-likeness (QED) is 0.720. The van der Waals surface area contributed by atoms with Crippen LogP contribution in [-0.2, 0) is 6.42 Å². The molecule has 0 saturated heterocycles. The van der Waals surface area contributed by atoms with Crippen LogP contribution in [0.4, 0.5) is 4.39 Å². The molecule has 66 valence electrons. The fourth-order valence-electron chi connectivity index (χ4n) is 0.931. The molecule has 0 aliphatic carbocycles. The summed E-state index contributed by atoms with van der Waals surface area (Å²) in [6.07, 6.45) is -0.367. The van der Waals surface area contributed by atoms with Crippen molar-refractivity contribution in [3.05, 3.63) is 34.9 Å². The van der Waals surface area contributed by atoms with Crippen molar-refractivity contribution in [2.45, 2.75) is 12.6 Å². The number of alkyl halides is 2.